The van der Waals surface area contributed by atoms with Gasteiger partial charge < -0.3 is 14.4 Å². The fourth-order valence-corrected chi connectivity index (χ4v) is 4.13. The van der Waals surface area contributed by atoms with Gasteiger partial charge in [-0.05, 0) is 37.3 Å². The van der Waals surface area contributed by atoms with E-state index < -0.39 is 0 Å². The second-order valence-electron chi connectivity index (χ2n) is 7.46. The number of carbonyl (C=O) groups is 2. The molecule has 0 atom stereocenters. The molecule has 0 radical (unpaired) electrons. The van der Waals surface area contributed by atoms with Gasteiger partial charge >= 0.3 is 0 Å². The number of hydrogen-bond donors (Lipinski definition) is 0. The van der Waals surface area contributed by atoms with Crippen LogP contribution in [-0.2, 0) is 14.3 Å². The fourth-order valence-electron chi connectivity index (χ4n) is 3.55. The zero-order valence-corrected chi connectivity index (χ0v) is 17.7. The van der Waals surface area contributed by atoms with Gasteiger partial charge in [-0.3, -0.25) is 19.6 Å². The van der Waals surface area contributed by atoms with E-state index in [1.807, 2.05) is 13.0 Å². The van der Waals surface area contributed by atoms with Crippen LogP contribution in [0.2, 0.25) is 5.02 Å². The predicted molar refractivity (Wildman–Crippen MR) is 111 cm³/mol. The third kappa shape index (κ3) is 4.17. The van der Waals surface area contributed by atoms with Crippen molar-refractivity contribution in [3.63, 3.8) is 0 Å². The molecule has 1 saturated heterocycles. The van der Waals surface area contributed by atoms with Gasteiger partial charge in [0.1, 0.15) is 10.9 Å². The van der Waals surface area contributed by atoms with Gasteiger partial charge in [0.2, 0.25) is 6.41 Å². The Morgan fingerprint density at radius 3 is 2.76 bits per heavy atom. The number of ether oxygens (including phenoxy) is 2. The number of fused-ring (bicyclic) bond motifs is 1. The average molecular weight is 440 g/mol. The number of rotatable bonds is 5. The summed E-state index contributed by atoms with van der Waals surface area (Å²) in [6.07, 6.45) is 3.02. The molecule has 1 aromatic rings. The molecule has 0 N–H and O–H groups in total. The second-order valence-corrected chi connectivity index (χ2v) is 8.22. The molecule has 1 saturated carbocycles. The Bertz CT molecular complexity index is 856. The minimum atomic E-state index is -0.0535. The van der Waals surface area contributed by atoms with Crippen molar-refractivity contribution < 1.29 is 19.1 Å². The quantitative estimate of drug-likeness (QED) is 0.520. The molecule has 0 aromatic heterocycles. The zero-order valence-electron chi connectivity index (χ0n) is 16.2. The molecule has 156 valence electrons. The largest absolute Gasteiger partial charge is 0.482 e. The van der Waals surface area contributed by atoms with Gasteiger partial charge in [-0.2, -0.15) is 0 Å². The first kappa shape index (κ1) is 20.3. The summed E-state index contributed by atoms with van der Waals surface area (Å²) in [4.78, 5) is 25.7. The molecule has 0 bridgehead atoms. The smallest absolute Gasteiger partial charge is 0.265 e. The molecule has 2 amide bonds. The van der Waals surface area contributed by atoms with Gasteiger partial charge in [0.25, 0.3) is 5.91 Å². The topological polar surface area (TPSA) is 62.3 Å². The molecule has 2 heterocycles. The molecule has 0 spiro atoms. The Morgan fingerprint density at radius 1 is 1.28 bits per heavy atom. The van der Waals surface area contributed by atoms with Gasteiger partial charge in [-0.25, -0.2) is 0 Å². The maximum absolute atomic E-state index is 12.4. The van der Waals surface area contributed by atoms with Crippen molar-refractivity contribution >= 4 is 46.8 Å². The Hall–Kier alpha value is -1.96. The summed E-state index contributed by atoms with van der Waals surface area (Å²) < 4.78 is 11.1. The van der Waals surface area contributed by atoms with Crippen LogP contribution in [0.3, 0.4) is 0 Å². The van der Waals surface area contributed by atoms with E-state index in [-0.39, 0.29) is 12.5 Å². The lowest BCUT2D eigenvalue weighted by molar-refractivity contribution is -0.129. The molecule has 1 aromatic carbocycles. The Kier molecular flexibility index (Phi) is 5.90. The van der Waals surface area contributed by atoms with Crippen LogP contribution in [0.1, 0.15) is 25.3 Å². The zero-order chi connectivity index (χ0) is 20.5. The van der Waals surface area contributed by atoms with Gasteiger partial charge in [-0.15, -0.1) is 0 Å². The Morgan fingerprint density at radius 2 is 2.03 bits per heavy atom. The number of allylic oxidation sites excluding steroid dienone is 1. The van der Waals surface area contributed by atoms with Crippen LogP contribution < -0.4 is 9.64 Å². The average Bonchev–Trinajstić information content (AvgIpc) is 3.55. The third-order valence-corrected chi connectivity index (χ3v) is 6.20. The van der Waals surface area contributed by atoms with Gasteiger partial charge in [-0.1, -0.05) is 23.2 Å². The van der Waals surface area contributed by atoms with Crippen molar-refractivity contribution in [2.75, 3.05) is 44.4 Å². The van der Waals surface area contributed by atoms with E-state index in [0.29, 0.717) is 71.5 Å². The monoisotopic (exact) mass is 439 g/mol. The minimum Gasteiger partial charge on any atom is -0.482 e. The molecule has 0 unspecified atom stereocenters. The summed E-state index contributed by atoms with van der Waals surface area (Å²) >= 11 is 13.2. The van der Waals surface area contributed by atoms with Crippen molar-refractivity contribution in [2.45, 2.75) is 19.8 Å². The first-order valence-corrected chi connectivity index (χ1v) is 10.5. The minimum absolute atomic E-state index is 0.0209. The van der Waals surface area contributed by atoms with E-state index in [2.05, 4.69) is 0 Å². The third-order valence-electron chi connectivity index (χ3n) is 5.41. The van der Waals surface area contributed by atoms with Gasteiger partial charge in [0.05, 0.1) is 37.0 Å². The van der Waals surface area contributed by atoms with Crippen LogP contribution >= 0.6 is 23.2 Å². The van der Waals surface area contributed by atoms with E-state index in [9.17, 15) is 9.59 Å². The van der Waals surface area contributed by atoms with E-state index in [4.69, 9.17) is 32.7 Å². The standard InChI is InChI=1S/C20H23Cl2N3O4/c1-13(20(22)25-5-7-28-6-4-23(25)12-26)15-8-17-18(9-16(15)21)29-11-19(27)24(17)10-14-2-3-14/h8-9,12,14H,2-7,10-11H2,1H3/b20-13+. The lowest BCUT2D eigenvalue weighted by atomic mass is 10.0. The van der Waals surface area contributed by atoms with Crippen molar-refractivity contribution in [1.82, 2.24) is 10.0 Å². The summed E-state index contributed by atoms with van der Waals surface area (Å²) in [7, 11) is 0. The number of benzene rings is 1. The highest BCUT2D eigenvalue weighted by Gasteiger charge is 2.33. The molecule has 4 rings (SSSR count). The van der Waals surface area contributed by atoms with E-state index in [1.54, 1.807) is 16.0 Å². The molecule has 7 nitrogen and oxygen atoms in total. The lowest BCUT2D eigenvalue weighted by Crippen LogP contribution is -2.41. The first-order valence-electron chi connectivity index (χ1n) is 9.70. The maximum atomic E-state index is 12.4. The van der Waals surface area contributed by atoms with Crippen LogP contribution in [0, 0.1) is 5.92 Å². The molecule has 1 aliphatic carbocycles. The SMILES string of the molecule is C/C(=C(/Cl)N1CCOCCN1C=O)c1cc2c(cc1Cl)OCC(=O)N2CC1CC1. The molecular weight excluding hydrogens is 417 g/mol. The van der Waals surface area contributed by atoms with E-state index in [1.165, 1.54) is 5.01 Å². The number of halogens is 2. The molecule has 2 aliphatic heterocycles. The number of anilines is 1. The van der Waals surface area contributed by atoms with E-state index >= 15 is 0 Å². The summed E-state index contributed by atoms with van der Waals surface area (Å²) in [5, 5.41) is 4.05. The van der Waals surface area contributed by atoms with Crippen LogP contribution in [0.5, 0.6) is 5.75 Å². The van der Waals surface area contributed by atoms with Crippen LogP contribution in [0.25, 0.3) is 5.57 Å². The molecule has 9 heteroatoms. The normalized spacial score (nSPS) is 20.7. The van der Waals surface area contributed by atoms with Crippen molar-refractivity contribution in [3.8, 4) is 5.75 Å². The molecule has 3 aliphatic rings. The lowest BCUT2D eigenvalue weighted by Gasteiger charge is -2.32. The van der Waals surface area contributed by atoms with Gasteiger partial charge in [0.15, 0.2) is 6.61 Å². The fraction of sp³-hybridized carbons (Fsp3) is 0.500. The van der Waals surface area contributed by atoms with Crippen LogP contribution in [0.15, 0.2) is 17.3 Å². The number of amides is 2. The molecule has 2 fully saturated rings. The predicted octanol–water partition coefficient (Wildman–Crippen LogP) is 3.11. The van der Waals surface area contributed by atoms with Crippen LogP contribution in [-0.4, -0.2) is 61.8 Å². The number of hydrazine groups is 1. The molecule has 29 heavy (non-hydrogen) atoms. The highest BCUT2D eigenvalue weighted by atomic mass is 35.5. The Labute approximate surface area is 179 Å². The second kappa shape index (κ2) is 8.42. The number of carbonyl (C=O) groups excluding carboxylic acids is 2. The summed E-state index contributed by atoms with van der Waals surface area (Å²) in [5.74, 6) is 1.09. The maximum Gasteiger partial charge on any atom is 0.265 e. The van der Waals surface area contributed by atoms with Crippen molar-refractivity contribution in [3.05, 3.63) is 27.9 Å². The first-order chi connectivity index (χ1) is 14.0. The number of hydrogen-bond acceptors (Lipinski definition) is 5. The Balaban J connectivity index is 1.71. The van der Waals surface area contributed by atoms with Crippen LogP contribution in [0.4, 0.5) is 5.69 Å². The van der Waals surface area contributed by atoms with Crippen molar-refractivity contribution in [2.24, 2.45) is 5.92 Å². The number of nitrogens with zero attached hydrogens (tertiary/aromatic N) is 3. The summed E-state index contributed by atoms with van der Waals surface area (Å²) in [5.41, 5.74) is 2.12. The highest BCUT2D eigenvalue weighted by Crippen LogP contribution is 2.42. The van der Waals surface area contributed by atoms with Crippen molar-refractivity contribution in [1.29, 1.82) is 0 Å². The van der Waals surface area contributed by atoms with E-state index in [0.717, 1.165) is 19.3 Å². The summed E-state index contributed by atoms with van der Waals surface area (Å²) in [6, 6.07) is 3.59. The molecular formula is C20H23Cl2N3O4. The highest BCUT2D eigenvalue weighted by molar-refractivity contribution is 6.35. The summed E-state index contributed by atoms with van der Waals surface area (Å²) in [6.45, 7) is 4.34. The van der Waals surface area contributed by atoms with Gasteiger partial charge in [0, 0.05) is 18.2 Å².